The van der Waals surface area contributed by atoms with Crippen LogP contribution in [0.15, 0.2) is 57.0 Å². The summed E-state index contributed by atoms with van der Waals surface area (Å²) in [6, 6.07) is 12.4. The third-order valence-corrected chi connectivity index (χ3v) is 5.27. The molecule has 2 amide bonds. The van der Waals surface area contributed by atoms with E-state index in [-0.39, 0.29) is 18.9 Å². The van der Waals surface area contributed by atoms with Crippen LogP contribution < -0.4 is 15.8 Å². The normalized spacial score (nSPS) is 10.6. The van der Waals surface area contributed by atoms with Crippen molar-refractivity contribution in [3.8, 4) is 5.75 Å². The average Bonchev–Trinajstić information content (AvgIpc) is 3.07. The van der Waals surface area contributed by atoms with Crippen molar-refractivity contribution >= 4 is 45.2 Å². The summed E-state index contributed by atoms with van der Waals surface area (Å²) < 4.78 is 7.88. The average molecular weight is 477 g/mol. The molecule has 29 heavy (non-hydrogen) atoms. The second kappa shape index (κ2) is 9.52. The summed E-state index contributed by atoms with van der Waals surface area (Å²) in [5, 5.41) is 14.8. The third-order valence-electron chi connectivity index (χ3n) is 3.67. The van der Waals surface area contributed by atoms with Gasteiger partial charge in [0.25, 0.3) is 5.91 Å². The van der Waals surface area contributed by atoms with Crippen LogP contribution in [0.4, 0.5) is 5.69 Å². The largest absolute Gasteiger partial charge is 0.484 e. The van der Waals surface area contributed by atoms with Crippen LogP contribution in [-0.4, -0.2) is 38.6 Å². The molecule has 0 saturated carbocycles. The number of aromatic nitrogens is 4. The summed E-state index contributed by atoms with van der Waals surface area (Å²) in [4.78, 5) is 24.1. The van der Waals surface area contributed by atoms with E-state index in [0.29, 0.717) is 16.6 Å². The Kier molecular flexibility index (Phi) is 6.83. The molecule has 0 radical (unpaired) electrons. The maximum absolute atomic E-state index is 12.4. The molecule has 1 heterocycles. The van der Waals surface area contributed by atoms with Crippen molar-refractivity contribution in [3.05, 3.63) is 52.5 Å². The fourth-order valence-electron chi connectivity index (χ4n) is 2.33. The van der Waals surface area contributed by atoms with Gasteiger partial charge in [-0.25, -0.2) is 4.68 Å². The fraction of sp³-hybridized carbons (Fsp3) is 0.167. The standard InChI is InChI=1S/C18H17BrN6O3S/c1-25-18(22-23-24-25)29-15-7-4-12(19)9-14(15)21-17(27)10-28-13-5-2-11(3-6-13)8-16(20)26/h2-7,9H,8,10H2,1H3,(H2,20,26)(H,21,27). The number of hydrogen-bond acceptors (Lipinski definition) is 7. The molecule has 0 aliphatic carbocycles. The second-order valence-corrected chi connectivity index (χ2v) is 7.88. The summed E-state index contributed by atoms with van der Waals surface area (Å²) in [7, 11) is 1.74. The smallest absolute Gasteiger partial charge is 0.262 e. The SMILES string of the molecule is Cn1nnnc1Sc1ccc(Br)cc1NC(=O)COc1ccc(CC(N)=O)cc1. The third kappa shape index (κ3) is 6.03. The van der Waals surface area contributed by atoms with Crippen LogP contribution in [0.5, 0.6) is 5.75 Å². The van der Waals surface area contributed by atoms with Crippen LogP contribution in [0.1, 0.15) is 5.56 Å². The Morgan fingerprint density at radius 3 is 2.66 bits per heavy atom. The molecule has 2 aromatic carbocycles. The summed E-state index contributed by atoms with van der Waals surface area (Å²) in [5.41, 5.74) is 6.56. The fourth-order valence-corrected chi connectivity index (χ4v) is 3.49. The number of halogens is 1. The lowest BCUT2D eigenvalue weighted by atomic mass is 10.1. The molecule has 3 N–H and O–H groups in total. The second-order valence-electron chi connectivity index (χ2n) is 5.95. The van der Waals surface area contributed by atoms with Crippen LogP contribution in [0.3, 0.4) is 0 Å². The zero-order valence-electron chi connectivity index (χ0n) is 15.3. The van der Waals surface area contributed by atoms with Crippen molar-refractivity contribution in [1.29, 1.82) is 0 Å². The summed E-state index contributed by atoms with van der Waals surface area (Å²) in [5.74, 6) is -0.206. The molecule has 0 saturated heterocycles. The molecule has 0 fully saturated rings. The predicted molar refractivity (Wildman–Crippen MR) is 111 cm³/mol. The van der Waals surface area contributed by atoms with Crippen molar-refractivity contribution in [2.24, 2.45) is 12.8 Å². The van der Waals surface area contributed by atoms with Gasteiger partial charge in [0.1, 0.15) is 5.75 Å². The number of anilines is 1. The minimum Gasteiger partial charge on any atom is -0.484 e. The van der Waals surface area contributed by atoms with Crippen molar-refractivity contribution in [2.75, 3.05) is 11.9 Å². The first-order chi connectivity index (χ1) is 13.9. The Balaban J connectivity index is 1.62. The van der Waals surface area contributed by atoms with Gasteiger partial charge in [-0.1, -0.05) is 28.1 Å². The number of hydrogen-bond donors (Lipinski definition) is 2. The van der Waals surface area contributed by atoms with E-state index in [4.69, 9.17) is 10.5 Å². The number of benzene rings is 2. The minimum absolute atomic E-state index is 0.158. The Morgan fingerprint density at radius 1 is 1.24 bits per heavy atom. The van der Waals surface area contributed by atoms with Crippen LogP contribution in [-0.2, 0) is 23.1 Å². The number of primary amides is 1. The lowest BCUT2D eigenvalue weighted by Crippen LogP contribution is -2.20. The van der Waals surface area contributed by atoms with E-state index in [2.05, 4.69) is 36.8 Å². The number of amides is 2. The molecule has 1 aromatic heterocycles. The van der Waals surface area contributed by atoms with Gasteiger partial charge in [0, 0.05) is 16.4 Å². The maximum Gasteiger partial charge on any atom is 0.262 e. The Hall–Kier alpha value is -2.92. The molecule has 9 nitrogen and oxygen atoms in total. The number of nitrogens with one attached hydrogen (secondary N) is 1. The first-order valence-corrected chi connectivity index (χ1v) is 10.0. The Labute approximate surface area is 179 Å². The Bertz CT molecular complexity index is 1020. The highest BCUT2D eigenvalue weighted by atomic mass is 79.9. The summed E-state index contributed by atoms with van der Waals surface area (Å²) in [6.45, 7) is -0.169. The van der Waals surface area contributed by atoms with Crippen LogP contribution >= 0.6 is 27.7 Å². The van der Waals surface area contributed by atoms with E-state index in [1.807, 2.05) is 12.1 Å². The number of carbonyl (C=O) groups excluding carboxylic acids is 2. The highest BCUT2D eigenvalue weighted by Crippen LogP contribution is 2.33. The van der Waals surface area contributed by atoms with Crippen LogP contribution in [0, 0.1) is 0 Å². The maximum atomic E-state index is 12.4. The van der Waals surface area contributed by atoms with E-state index in [1.54, 1.807) is 42.1 Å². The zero-order chi connectivity index (χ0) is 20.8. The summed E-state index contributed by atoms with van der Waals surface area (Å²) in [6.07, 6.45) is 0.158. The van der Waals surface area contributed by atoms with Gasteiger partial charge >= 0.3 is 0 Å². The zero-order valence-corrected chi connectivity index (χ0v) is 17.7. The van der Waals surface area contributed by atoms with Crippen LogP contribution in [0.25, 0.3) is 0 Å². The molecular weight excluding hydrogens is 460 g/mol. The van der Waals surface area contributed by atoms with E-state index in [1.165, 1.54) is 11.8 Å². The number of ether oxygens (including phenoxy) is 1. The first-order valence-electron chi connectivity index (χ1n) is 8.40. The van der Waals surface area contributed by atoms with Gasteiger partial charge in [-0.15, -0.1) is 5.10 Å². The van der Waals surface area contributed by atoms with E-state index >= 15 is 0 Å². The lowest BCUT2D eigenvalue weighted by molar-refractivity contribution is -0.118. The molecule has 0 unspecified atom stereocenters. The number of rotatable bonds is 8. The Morgan fingerprint density at radius 2 is 2.00 bits per heavy atom. The molecule has 150 valence electrons. The molecule has 11 heteroatoms. The van der Waals surface area contributed by atoms with Crippen molar-refractivity contribution in [1.82, 2.24) is 20.2 Å². The first kappa shape index (κ1) is 20.8. The summed E-state index contributed by atoms with van der Waals surface area (Å²) >= 11 is 4.74. The quantitative estimate of drug-likeness (QED) is 0.510. The monoisotopic (exact) mass is 476 g/mol. The van der Waals surface area contributed by atoms with Gasteiger partial charge in [-0.2, -0.15) is 0 Å². The van der Waals surface area contributed by atoms with Gasteiger partial charge in [-0.3, -0.25) is 9.59 Å². The molecular formula is C18H17BrN6O3S. The van der Waals surface area contributed by atoms with E-state index < -0.39 is 5.91 Å². The molecule has 0 aliphatic rings. The molecule has 0 atom stereocenters. The number of nitrogens with zero attached hydrogens (tertiary/aromatic N) is 4. The predicted octanol–water partition coefficient (Wildman–Crippen LogP) is 2.17. The van der Waals surface area contributed by atoms with Gasteiger partial charge in [-0.05, 0) is 58.1 Å². The molecule has 0 bridgehead atoms. The van der Waals surface area contributed by atoms with Gasteiger partial charge < -0.3 is 15.8 Å². The van der Waals surface area contributed by atoms with Gasteiger partial charge in [0.05, 0.1) is 12.1 Å². The van der Waals surface area contributed by atoms with Gasteiger partial charge in [0.15, 0.2) is 6.61 Å². The van der Waals surface area contributed by atoms with Crippen molar-refractivity contribution < 1.29 is 14.3 Å². The number of aryl methyl sites for hydroxylation is 1. The lowest BCUT2D eigenvalue weighted by Gasteiger charge is -2.12. The highest BCUT2D eigenvalue weighted by Gasteiger charge is 2.13. The van der Waals surface area contributed by atoms with Crippen molar-refractivity contribution in [2.45, 2.75) is 16.5 Å². The number of carbonyl (C=O) groups is 2. The minimum atomic E-state index is -0.405. The van der Waals surface area contributed by atoms with Crippen LogP contribution in [0.2, 0.25) is 0 Å². The molecule has 0 spiro atoms. The molecule has 3 rings (SSSR count). The topological polar surface area (TPSA) is 125 Å². The van der Waals surface area contributed by atoms with Crippen molar-refractivity contribution in [3.63, 3.8) is 0 Å². The number of nitrogens with two attached hydrogens (primary N) is 1. The molecule has 0 aliphatic heterocycles. The van der Waals surface area contributed by atoms with Gasteiger partial charge in [0.2, 0.25) is 11.1 Å². The highest BCUT2D eigenvalue weighted by molar-refractivity contribution is 9.10. The molecule has 3 aromatic rings. The number of tetrazole rings is 1. The van der Waals surface area contributed by atoms with E-state index in [0.717, 1.165) is 14.9 Å². The van der Waals surface area contributed by atoms with E-state index in [9.17, 15) is 9.59 Å².